The Morgan fingerprint density at radius 2 is 1.84 bits per heavy atom. The SMILES string of the molecule is CCOC(=O)CSCC(=O)Nc1cc(Br)cc(Br)c1. The summed E-state index contributed by atoms with van der Waals surface area (Å²) in [6, 6.07) is 5.49. The lowest BCUT2D eigenvalue weighted by Crippen LogP contribution is -2.16. The van der Waals surface area contributed by atoms with Gasteiger partial charge < -0.3 is 10.1 Å². The van der Waals surface area contributed by atoms with Crippen molar-refractivity contribution in [2.75, 3.05) is 23.4 Å². The van der Waals surface area contributed by atoms with Gasteiger partial charge in [-0.1, -0.05) is 31.9 Å². The monoisotopic (exact) mass is 409 g/mol. The molecule has 0 aliphatic carbocycles. The molecular formula is C12H13Br2NO3S. The summed E-state index contributed by atoms with van der Waals surface area (Å²) in [4.78, 5) is 22.7. The van der Waals surface area contributed by atoms with Crippen LogP contribution in [0.25, 0.3) is 0 Å². The number of benzene rings is 1. The van der Waals surface area contributed by atoms with Gasteiger partial charge in [0, 0.05) is 14.6 Å². The van der Waals surface area contributed by atoms with Crippen LogP contribution in [0, 0.1) is 0 Å². The van der Waals surface area contributed by atoms with Crippen molar-refractivity contribution in [3.05, 3.63) is 27.1 Å². The molecule has 0 fully saturated rings. The zero-order chi connectivity index (χ0) is 14.3. The number of rotatable bonds is 6. The molecule has 104 valence electrons. The second-order valence-electron chi connectivity index (χ2n) is 3.50. The third-order valence-corrected chi connectivity index (χ3v) is 3.73. The van der Waals surface area contributed by atoms with Gasteiger partial charge in [0.25, 0.3) is 0 Å². The van der Waals surface area contributed by atoms with E-state index in [9.17, 15) is 9.59 Å². The molecule has 0 atom stereocenters. The Kier molecular flexibility index (Phi) is 7.48. The lowest BCUT2D eigenvalue weighted by Gasteiger charge is -2.06. The number of hydrogen-bond acceptors (Lipinski definition) is 4. The standard InChI is InChI=1S/C12H13Br2NO3S/c1-2-18-12(17)7-19-6-11(16)15-10-4-8(13)3-9(14)5-10/h3-5H,2,6-7H2,1H3,(H,15,16). The summed E-state index contributed by atoms with van der Waals surface area (Å²) in [6.45, 7) is 2.11. The first-order valence-electron chi connectivity index (χ1n) is 5.50. The number of thioether (sulfide) groups is 1. The van der Waals surface area contributed by atoms with E-state index >= 15 is 0 Å². The van der Waals surface area contributed by atoms with Crippen LogP contribution < -0.4 is 5.32 Å². The van der Waals surface area contributed by atoms with E-state index in [1.807, 2.05) is 6.07 Å². The highest BCUT2D eigenvalue weighted by Crippen LogP contribution is 2.23. The number of nitrogens with one attached hydrogen (secondary N) is 1. The fraction of sp³-hybridized carbons (Fsp3) is 0.333. The second-order valence-corrected chi connectivity index (χ2v) is 6.32. The molecule has 19 heavy (non-hydrogen) atoms. The van der Waals surface area contributed by atoms with Gasteiger partial charge in [-0.05, 0) is 25.1 Å². The average Bonchev–Trinajstić information content (AvgIpc) is 2.27. The van der Waals surface area contributed by atoms with Crippen LogP contribution in [0.15, 0.2) is 27.1 Å². The molecule has 0 aliphatic heterocycles. The second kappa shape index (κ2) is 8.60. The Morgan fingerprint density at radius 1 is 1.21 bits per heavy atom. The van der Waals surface area contributed by atoms with Gasteiger partial charge in [0.05, 0.1) is 18.1 Å². The molecule has 1 amide bonds. The van der Waals surface area contributed by atoms with Crippen molar-refractivity contribution in [2.45, 2.75) is 6.92 Å². The molecule has 0 saturated carbocycles. The van der Waals surface area contributed by atoms with E-state index in [0.29, 0.717) is 12.3 Å². The van der Waals surface area contributed by atoms with Crippen molar-refractivity contribution in [1.29, 1.82) is 0 Å². The van der Waals surface area contributed by atoms with Gasteiger partial charge in [-0.2, -0.15) is 0 Å². The predicted molar refractivity (Wildman–Crippen MR) is 84.4 cm³/mol. The molecule has 0 spiro atoms. The van der Waals surface area contributed by atoms with Crippen LogP contribution in [-0.4, -0.2) is 30.0 Å². The van der Waals surface area contributed by atoms with E-state index < -0.39 is 0 Å². The van der Waals surface area contributed by atoms with Crippen molar-refractivity contribution in [1.82, 2.24) is 0 Å². The fourth-order valence-corrected chi connectivity index (χ4v) is 3.16. The lowest BCUT2D eigenvalue weighted by molar-refractivity contribution is -0.139. The maximum absolute atomic E-state index is 11.7. The fourth-order valence-electron chi connectivity index (χ4n) is 1.25. The molecule has 1 N–H and O–H groups in total. The quantitative estimate of drug-likeness (QED) is 0.729. The summed E-state index contributed by atoms with van der Waals surface area (Å²) in [5.41, 5.74) is 0.697. The van der Waals surface area contributed by atoms with Gasteiger partial charge in [-0.25, -0.2) is 0 Å². The Labute approximate surface area is 132 Å². The molecule has 7 heteroatoms. The predicted octanol–water partition coefficient (Wildman–Crippen LogP) is 3.45. The summed E-state index contributed by atoms with van der Waals surface area (Å²) >= 11 is 7.92. The summed E-state index contributed by atoms with van der Waals surface area (Å²) in [6.07, 6.45) is 0. The maximum atomic E-state index is 11.7. The number of esters is 1. The van der Waals surface area contributed by atoms with E-state index in [1.165, 1.54) is 11.8 Å². The van der Waals surface area contributed by atoms with Crippen molar-refractivity contribution in [2.24, 2.45) is 0 Å². The number of carbonyl (C=O) groups is 2. The van der Waals surface area contributed by atoms with Crippen LogP contribution in [0.1, 0.15) is 6.92 Å². The van der Waals surface area contributed by atoms with Gasteiger partial charge in [-0.3, -0.25) is 9.59 Å². The van der Waals surface area contributed by atoms with E-state index in [-0.39, 0.29) is 23.4 Å². The van der Waals surface area contributed by atoms with Gasteiger partial charge in [0.2, 0.25) is 5.91 Å². The number of amides is 1. The molecular weight excluding hydrogens is 398 g/mol. The molecule has 0 heterocycles. The van der Waals surface area contributed by atoms with Gasteiger partial charge in [-0.15, -0.1) is 11.8 Å². The van der Waals surface area contributed by atoms with Crippen LogP contribution >= 0.6 is 43.6 Å². The zero-order valence-electron chi connectivity index (χ0n) is 10.2. The van der Waals surface area contributed by atoms with Gasteiger partial charge >= 0.3 is 5.97 Å². The Morgan fingerprint density at radius 3 is 2.42 bits per heavy atom. The number of halogens is 2. The van der Waals surface area contributed by atoms with Crippen LogP contribution in [0.5, 0.6) is 0 Å². The minimum absolute atomic E-state index is 0.153. The summed E-state index contributed by atoms with van der Waals surface area (Å²) in [5.74, 6) is -0.0587. The van der Waals surface area contributed by atoms with Crippen molar-refractivity contribution in [3.8, 4) is 0 Å². The first-order chi connectivity index (χ1) is 9.01. The minimum atomic E-state index is -0.300. The van der Waals surface area contributed by atoms with Crippen LogP contribution in [-0.2, 0) is 14.3 Å². The van der Waals surface area contributed by atoms with Gasteiger partial charge in [0.1, 0.15) is 0 Å². The molecule has 1 aromatic carbocycles. The first-order valence-corrected chi connectivity index (χ1v) is 8.24. The lowest BCUT2D eigenvalue weighted by atomic mass is 10.3. The third kappa shape index (κ3) is 6.98. The van der Waals surface area contributed by atoms with Crippen LogP contribution in [0.3, 0.4) is 0 Å². The molecule has 4 nitrogen and oxygen atoms in total. The van der Waals surface area contributed by atoms with Crippen LogP contribution in [0.4, 0.5) is 5.69 Å². The smallest absolute Gasteiger partial charge is 0.315 e. The van der Waals surface area contributed by atoms with E-state index in [0.717, 1.165) is 8.95 Å². The number of hydrogen-bond donors (Lipinski definition) is 1. The minimum Gasteiger partial charge on any atom is -0.465 e. The van der Waals surface area contributed by atoms with Crippen molar-refractivity contribution in [3.63, 3.8) is 0 Å². The van der Waals surface area contributed by atoms with E-state index in [2.05, 4.69) is 37.2 Å². The first kappa shape index (κ1) is 16.5. The summed E-state index contributed by atoms with van der Waals surface area (Å²) < 4.78 is 6.51. The molecule has 0 unspecified atom stereocenters. The van der Waals surface area contributed by atoms with Crippen molar-refractivity contribution < 1.29 is 14.3 Å². The normalized spacial score (nSPS) is 10.1. The van der Waals surface area contributed by atoms with E-state index in [4.69, 9.17) is 4.74 Å². The molecule has 0 radical (unpaired) electrons. The maximum Gasteiger partial charge on any atom is 0.315 e. The van der Waals surface area contributed by atoms with Gasteiger partial charge in [0.15, 0.2) is 0 Å². The highest BCUT2D eigenvalue weighted by Gasteiger charge is 2.07. The molecule has 1 rings (SSSR count). The molecule has 0 aromatic heterocycles. The Bertz CT molecular complexity index is 448. The number of carbonyl (C=O) groups excluding carboxylic acids is 2. The average molecular weight is 411 g/mol. The Balaban J connectivity index is 2.37. The molecule has 1 aromatic rings. The largest absolute Gasteiger partial charge is 0.465 e. The van der Waals surface area contributed by atoms with Crippen LogP contribution in [0.2, 0.25) is 0 Å². The van der Waals surface area contributed by atoms with Crippen molar-refractivity contribution >= 4 is 61.2 Å². The highest BCUT2D eigenvalue weighted by atomic mass is 79.9. The summed E-state index contributed by atoms with van der Waals surface area (Å²) in [5, 5.41) is 2.76. The zero-order valence-corrected chi connectivity index (χ0v) is 14.2. The molecule has 0 saturated heterocycles. The Hall–Kier alpha value is -0.530. The number of ether oxygens (including phenoxy) is 1. The number of anilines is 1. The third-order valence-electron chi connectivity index (χ3n) is 1.90. The summed E-state index contributed by atoms with van der Waals surface area (Å²) in [7, 11) is 0. The highest BCUT2D eigenvalue weighted by molar-refractivity contribution is 9.11. The molecule has 0 aliphatic rings. The van der Waals surface area contributed by atoms with E-state index in [1.54, 1.807) is 19.1 Å². The topological polar surface area (TPSA) is 55.4 Å². The molecule has 0 bridgehead atoms.